The Hall–Kier alpha value is -0.630. The summed E-state index contributed by atoms with van der Waals surface area (Å²) in [5.41, 5.74) is -1.60. The highest BCUT2D eigenvalue weighted by Crippen LogP contribution is 2.45. The lowest BCUT2D eigenvalue weighted by atomic mass is 9.61. The van der Waals surface area contributed by atoms with Crippen molar-refractivity contribution in [1.29, 1.82) is 5.26 Å². The van der Waals surface area contributed by atoms with E-state index >= 15 is 0 Å². The van der Waals surface area contributed by atoms with Gasteiger partial charge in [0.15, 0.2) is 0 Å². The molecule has 2 heterocycles. The minimum Gasteiger partial charge on any atom is -0.388 e. The van der Waals surface area contributed by atoms with Crippen LogP contribution in [0.15, 0.2) is 0 Å². The van der Waals surface area contributed by atoms with Crippen molar-refractivity contribution in [3.8, 4) is 6.07 Å². The lowest BCUT2D eigenvalue weighted by Gasteiger charge is -2.50. The van der Waals surface area contributed by atoms with E-state index in [-0.39, 0.29) is 5.92 Å². The van der Waals surface area contributed by atoms with Crippen molar-refractivity contribution in [2.75, 3.05) is 26.3 Å². The van der Waals surface area contributed by atoms with Gasteiger partial charge in [-0.25, -0.2) is 0 Å². The molecular weight excluding hydrogens is 204 g/mol. The molecule has 0 aromatic rings. The molecule has 3 unspecified atom stereocenters. The van der Waals surface area contributed by atoms with Crippen molar-refractivity contribution >= 4 is 0 Å². The zero-order valence-electron chi connectivity index (χ0n) is 9.83. The third kappa shape index (κ3) is 1.64. The third-order valence-corrected chi connectivity index (χ3v) is 4.23. The minimum absolute atomic E-state index is 0.0996. The first kappa shape index (κ1) is 11.8. The second kappa shape index (κ2) is 4.33. The van der Waals surface area contributed by atoms with Gasteiger partial charge in [-0.1, -0.05) is 6.92 Å². The summed E-state index contributed by atoms with van der Waals surface area (Å²) in [6, 6.07) is 2.36. The standard InChI is InChI=1S/C12H20N2O2/c1-10-7-14-5-4-12(10,15)11(8-13)3-2-6-16-9-11/h10,14-15H,2-7,9H2,1H3. The topological polar surface area (TPSA) is 65.3 Å². The van der Waals surface area contributed by atoms with Gasteiger partial charge in [-0.3, -0.25) is 0 Å². The largest absolute Gasteiger partial charge is 0.388 e. The molecule has 2 N–H and O–H groups in total. The molecule has 0 saturated carbocycles. The normalized spacial score (nSPS) is 44.9. The van der Waals surface area contributed by atoms with E-state index in [0.717, 1.165) is 25.9 Å². The fourth-order valence-electron chi connectivity index (χ4n) is 3.04. The zero-order chi connectivity index (χ0) is 11.6. The second-order valence-corrected chi connectivity index (χ2v) is 5.13. The molecule has 4 heteroatoms. The number of nitrogens with one attached hydrogen (secondary N) is 1. The van der Waals surface area contributed by atoms with E-state index in [4.69, 9.17) is 4.74 Å². The van der Waals surface area contributed by atoms with Crippen LogP contribution in [0.1, 0.15) is 26.2 Å². The number of rotatable bonds is 1. The first-order valence-corrected chi connectivity index (χ1v) is 6.07. The molecule has 2 saturated heterocycles. The Morgan fingerprint density at radius 1 is 1.50 bits per heavy atom. The van der Waals surface area contributed by atoms with E-state index in [9.17, 15) is 10.4 Å². The maximum atomic E-state index is 10.9. The summed E-state index contributed by atoms with van der Waals surface area (Å²) < 4.78 is 5.44. The summed E-state index contributed by atoms with van der Waals surface area (Å²) >= 11 is 0. The fourth-order valence-corrected chi connectivity index (χ4v) is 3.04. The zero-order valence-corrected chi connectivity index (χ0v) is 9.83. The van der Waals surface area contributed by atoms with Crippen molar-refractivity contribution in [3.63, 3.8) is 0 Å². The molecule has 0 aromatic heterocycles. The quantitative estimate of drug-likeness (QED) is 0.687. The molecule has 90 valence electrons. The molecule has 2 aliphatic heterocycles. The van der Waals surface area contributed by atoms with E-state index in [2.05, 4.69) is 11.4 Å². The van der Waals surface area contributed by atoms with Crippen LogP contribution in [-0.2, 0) is 4.74 Å². The molecule has 0 aromatic carbocycles. The number of nitrogens with zero attached hydrogens (tertiary/aromatic N) is 1. The van der Waals surface area contributed by atoms with Gasteiger partial charge in [0.05, 0.1) is 18.3 Å². The Morgan fingerprint density at radius 2 is 2.31 bits per heavy atom. The number of ether oxygens (including phenoxy) is 1. The molecule has 0 radical (unpaired) electrons. The van der Waals surface area contributed by atoms with Gasteiger partial charge in [0.2, 0.25) is 0 Å². The smallest absolute Gasteiger partial charge is 0.110 e. The van der Waals surface area contributed by atoms with Crippen LogP contribution in [0.4, 0.5) is 0 Å². The number of nitriles is 1. The minimum atomic E-state index is -0.895. The first-order valence-electron chi connectivity index (χ1n) is 6.07. The van der Waals surface area contributed by atoms with Crippen LogP contribution in [0, 0.1) is 22.7 Å². The number of hydrogen-bond acceptors (Lipinski definition) is 4. The summed E-state index contributed by atoms with van der Waals surface area (Å²) in [6.45, 7) is 4.67. The van der Waals surface area contributed by atoms with Crippen molar-refractivity contribution in [2.45, 2.75) is 31.8 Å². The Kier molecular flexibility index (Phi) is 3.20. The van der Waals surface area contributed by atoms with Crippen LogP contribution in [0.5, 0.6) is 0 Å². The van der Waals surface area contributed by atoms with E-state index < -0.39 is 11.0 Å². The van der Waals surface area contributed by atoms with E-state index in [1.807, 2.05) is 6.92 Å². The van der Waals surface area contributed by atoms with Crippen molar-refractivity contribution in [3.05, 3.63) is 0 Å². The third-order valence-electron chi connectivity index (χ3n) is 4.23. The Bertz CT molecular complexity index is 294. The molecule has 0 aliphatic carbocycles. The summed E-state index contributed by atoms with van der Waals surface area (Å²) in [6.07, 6.45) is 2.27. The highest BCUT2D eigenvalue weighted by Gasteiger charge is 2.55. The second-order valence-electron chi connectivity index (χ2n) is 5.13. The van der Waals surface area contributed by atoms with E-state index in [0.29, 0.717) is 19.6 Å². The fraction of sp³-hybridized carbons (Fsp3) is 0.917. The SMILES string of the molecule is CC1CNCCC1(O)C1(C#N)CCCOC1. The van der Waals surface area contributed by atoms with Crippen LogP contribution in [0.2, 0.25) is 0 Å². The van der Waals surface area contributed by atoms with Gasteiger partial charge in [-0.05, 0) is 31.7 Å². The lowest BCUT2D eigenvalue weighted by Crippen LogP contribution is -2.61. The molecule has 2 fully saturated rings. The Labute approximate surface area is 96.6 Å². The van der Waals surface area contributed by atoms with Crippen LogP contribution in [0.3, 0.4) is 0 Å². The monoisotopic (exact) mass is 224 g/mol. The molecule has 2 aliphatic rings. The summed E-state index contributed by atoms with van der Waals surface area (Å²) in [5.74, 6) is 0.0996. The summed E-state index contributed by atoms with van der Waals surface area (Å²) in [4.78, 5) is 0. The average molecular weight is 224 g/mol. The number of hydrogen-bond donors (Lipinski definition) is 2. The van der Waals surface area contributed by atoms with E-state index in [1.165, 1.54) is 0 Å². The van der Waals surface area contributed by atoms with E-state index in [1.54, 1.807) is 0 Å². The predicted octanol–water partition coefficient (Wildman–Crippen LogP) is 0.667. The van der Waals surface area contributed by atoms with Gasteiger partial charge in [0.1, 0.15) is 5.41 Å². The van der Waals surface area contributed by atoms with Gasteiger partial charge in [-0.2, -0.15) is 5.26 Å². The molecule has 4 nitrogen and oxygen atoms in total. The van der Waals surface area contributed by atoms with Gasteiger partial charge >= 0.3 is 0 Å². The predicted molar refractivity (Wildman–Crippen MR) is 59.7 cm³/mol. The maximum absolute atomic E-state index is 10.9. The lowest BCUT2D eigenvalue weighted by molar-refractivity contribution is -0.157. The Balaban J connectivity index is 2.27. The van der Waals surface area contributed by atoms with Crippen molar-refractivity contribution in [2.24, 2.45) is 11.3 Å². The highest BCUT2D eigenvalue weighted by atomic mass is 16.5. The maximum Gasteiger partial charge on any atom is 0.110 e. The molecule has 3 atom stereocenters. The molecular formula is C12H20N2O2. The van der Waals surface area contributed by atoms with Gasteiger partial charge in [0.25, 0.3) is 0 Å². The number of aliphatic hydroxyl groups is 1. The van der Waals surface area contributed by atoms with Crippen molar-refractivity contribution in [1.82, 2.24) is 5.32 Å². The van der Waals surface area contributed by atoms with Crippen molar-refractivity contribution < 1.29 is 9.84 Å². The highest BCUT2D eigenvalue weighted by molar-refractivity contribution is 5.15. The van der Waals surface area contributed by atoms with Crippen LogP contribution >= 0.6 is 0 Å². The molecule has 16 heavy (non-hydrogen) atoms. The molecule has 0 spiro atoms. The van der Waals surface area contributed by atoms with Crippen LogP contribution in [-0.4, -0.2) is 37.0 Å². The first-order chi connectivity index (χ1) is 7.65. The van der Waals surface area contributed by atoms with Crippen LogP contribution in [0.25, 0.3) is 0 Å². The molecule has 0 amide bonds. The average Bonchev–Trinajstić information content (AvgIpc) is 2.34. The van der Waals surface area contributed by atoms with Gasteiger partial charge < -0.3 is 15.2 Å². The van der Waals surface area contributed by atoms with Crippen LogP contribution < -0.4 is 5.32 Å². The molecule has 2 rings (SSSR count). The molecule has 0 bridgehead atoms. The Morgan fingerprint density at radius 3 is 2.88 bits per heavy atom. The van der Waals surface area contributed by atoms with Gasteiger partial charge in [0, 0.05) is 13.2 Å². The number of piperidine rings is 1. The van der Waals surface area contributed by atoms with Gasteiger partial charge in [-0.15, -0.1) is 0 Å². The summed E-state index contributed by atoms with van der Waals surface area (Å²) in [5, 5.41) is 23.6. The summed E-state index contributed by atoms with van der Waals surface area (Å²) in [7, 11) is 0.